The van der Waals surface area contributed by atoms with Crippen molar-refractivity contribution in [1.29, 1.82) is 0 Å². The summed E-state index contributed by atoms with van der Waals surface area (Å²) in [5.74, 6) is 0.986. The topological polar surface area (TPSA) is 78.9 Å². The first-order valence-electron chi connectivity index (χ1n) is 14.7. The predicted molar refractivity (Wildman–Crippen MR) is 161 cm³/mol. The van der Waals surface area contributed by atoms with Gasteiger partial charge in [0.2, 0.25) is 0 Å². The Kier molecular flexibility index (Phi) is 7.99. The summed E-state index contributed by atoms with van der Waals surface area (Å²) in [6.07, 6.45) is 10.7. The summed E-state index contributed by atoms with van der Waals surface area (Å²) in [6, 6.07) is 11.8. The molecule has 6 nitrogen and oxygen atoms in total. The Morgan fingerprint density at radius 2 is 2.08 bits per heavy atom. The summed E-state index contributed by atoms with van der Waals surface area (Å²) >= 11 is 6.39. The molecule has 0 saturated heterocycles. The van der Waals surface area contributed by atoms with Crippen LogP contribution < -0.4 is 14.4 Å². The van der Waals surface area contributed by atoms with Gasteiger partial charge in [0, 0.05) is 29.1 Å². The number of halogens is 1. The molecule has 5 unspecified atom stereocenters. The van der Waals surface area contributed by atoms with Crippen LogP contribution in [0.5, 0.6) is 5.75 Å². The van der Waals surface area contributed by atoms with Gasteiger partial charge in [-0.2, -0.15) is 0 Å². The fourth-order valence-corrected chi connectivity index (χ4v) is 8.48. The normalized spacial score (nSPS) is 33.0. The number of benzene rings is 2. The second-order valence-corrected chi connectivity index (χ2v) is 13.9. The summed E-state index contributed by atoms with van der Waals surface area (Å²) in [5.41, 5.74) is 3.77. The number of nitrogens with zero attached hydrogens (tertiary/aromatic N) is 1. The minimum atomic E-state index is -1.49. The van der Waals surface area contributed by atoms with Gasteiger partial charge in [0.1, 0.15) is 16.7 Å². The molecule has 0 radical (unpaired) electrons. The minimum Gasteiger partial charge on any atom is -0.490 e. The van der Waals surface area contributed by atoms with Gasteiger partial charge in [-0.15, -0.1) is 0 Å². The number of hydrogen-bond donors (Lipinski definition) is 2. The predicted octanol–water partition coefficient (Wildman–Crippen LogP) is 5.72. The maximum Gasteiger partial charge on any atom is 0.263 e. The lowest BCUT2D eigenvalue weighted by molar-refractivity contribution is 0.0456. The van der Waals surface area contributed by atoms with Crippen LogP contribution in [0.1, 0.15) is 73.4 Å². The molecule has 2 N–H and O–H groups in total. The third-order valence-corrected chi connectivity index (χ3v) is 11.4. The number of carbonyl (C=O) groups is 1. The number of aliphatic hydroxyl groups is 1. The fraction of sp³-hybridized carbons (Fsp3) is 0.531. The van der Waals surface area contributed by atoms with Gasteiger partial charge in [-0.25, -0.2) is 4.21 Å². The molecule has 1 amide bonds. The van der Waals surface area contributed by atoms with Crippen molar-refractivity contribution in [1.82, 2.24) is 4.72 Å². The average molecular weight is 583 g/mol. The van der Waals surface area contributed by atoms with Crippen LogP contribution >= 0.6 is 11.6 Å². The molecule has 2 bridgehead atoms. The van der Waals surface area contributed by atoms with Crippen LogP contribution in [0.4, 0.5) is 5.69 Å². The maximum atomic E-state index is 13.3. The van der Waals surface area contributed by atoms with Crippen LogP contribution in [0.15, 0.2) is 48.6 Å². The molecule has 8 heteroatoms. The first-order chi connectivity index (χ1) is 19.4. The van der Waals surface area contributed by atoms with Gasteiger partial charge < -0.3 is 14.7 Å². The summed E-state index contributed by atoms with van der Waals surface area (Å²) in [7, 11) is -1.49. The monoisotopic (exact) mass is 582 g/mol. The minimum absolute atomic E-state index is 0.143. The Morgan fingerprint density at radius 1 is 1.20 bits per heavy atom. The van der Waals surface area contributed by atoms with E-state index in [1.807, 2.05) is 37.3 Å². The van der Waals surface area contributed by atoms with Crippen molar-refractivity contribution in [2.45, 2.75) is 75.1 Å². The van der Waals surface area contributed by atoms with Crippen LogP contribution in [-0.4, -0.2) is 46.3 Å². The lowest BCUT2D eigenvalue weighted by atomic mass is 9.68. The van der Waals surface area contributed by atoms with Gasteiger partial charge >= 0.3 is 0 Å². The largest absolute Gasteiger partial charge is 0.490 e. The highest BCUT2D eigenvalue weighted by molar-refractivity contribution is 7.84. The van der Waals surface area contributed by atoms with Crippen LogP contribution in [0, 0.1) is 11.8 Å². The van der Waals surface area contributed by atoms with Crippen LogP contribution in [0.3, 0.4) is 0 Å². The summed E-state index contributed by atoms with van der Waals surface area (Å²) < 4.78 is 22.4. The van der Waals surface area contributed by atoms with E-state index in [0.717, 1.165) is 68.1 Å². The molecule has 40 heavy (non-hydrogen) atoms. The third-order valence-electron chi connectivity index (χ3n) is 9.61. The first-order valence-corrected chi connectivity index (χ1v) is 16.3. The highest BCUT2D eigenvalue weighted by Gasteiger charge is 2.44. The van der Waals surface area contributed by atoms with Gasteiger partial charge in [0.05, 0.1) is 23.6 Å². The van der Waals surface area contributed by atoms with Gasteiger partial charge in [0.15, 0.2) is 0 Å². The highest BCUT2D eigenvalue weighted by Crippen LogP contribution is 2.46. The number of ether oxygens (including phenoxy) is 1. The zero-order chi connectivity index (χ0) is 27.9. The van der Waals surface area contributed by atoms with Crippen LogP contribution in [0.2, 0.25) is 5.02 Å². The van der Waals surface area contributed by atoms with Crippen LogP contribution in [0.25, 0.3) is 0 Å². The molecular weight excluding hydrogens is 544 g/mol. The van der Waals surface area contributed by atoms with Crippen molar-refractivity contribution >= 4 is 34.2 Å². The molecule has 2 aromatic rings. The van der Waals surface area contributed by atoms with Gasteiger partial charge in [-0.3, -0.25) is 9.52 Å². The van der Waals surface area contributed by atoms with Crippen molar-refractivity contribution in [2.75, 3.05) is 24.6 Å². The zero-order valence-corrected chi connectivity index (χ0v) is 24.7. The number of amides is 1. The highest BCUT2D eigenvalue weighted by atomic mass is 35.5. The second-order valence-electron chi connectivity index (χ2n) is 12.0. The summed E-state index contributed by atoms with van der Waals surface area (Å²) in [5, 5.41) is 11.7. The fourth-order valence-electron chi connectivity index (χ4n) is 7.17. The molecule has 1 fully saturated rings. The van der Waals surface area contributed by atoms with E-state index in [9.17, 15) is 14.1 Å². The summed E-state index contributed by atoms with van der Waals surface area (Å²) in [4.78, 5) is 15.7. The number of fused-ring (bicyclic) bond motifs is 4. The van der Waals surface area contributed by atoms with E-state index in [0.29, 0.717) is 30.9 Å². The molecule has 1 saturated carbocycles. The maximum absolute atomic E-state index is 13.3. The Bertz CT molecular complexity index is 1330. The molecule has 0 aromatic heterocycles. The molecule has 2 aliphatic carbocycles. The molecule has 2 aliphatic heterocycles. The van der Waals surface area contributed by atoms with Gasteiger partial charge in [-0.05, 0) is 105 Å². The van der Waals surface area contributed by atoms with E-state index >= 15 is 0 Å². The molecule has 214 valence electrons. The number of rotatable bonds is 1. The molecule has 6 rings (SSSR count). The number of anilines is 1. The number of aliphatic hydroxyl groups excluding tert-OH is 1. The van der Waals surface area contributed by atoms with E-state index < -0.39 is 17.1 Å². The molecular formula is C32H39ClN2O4S. The van der Waals surface area contributed by atoms with Crippen molar-refractivity contribution in [3.8, 4) is 5.75 Å². The van der Waals surface area contributed by atoms with Crippen molar-refractivity contribution < 1.29 is 18.8 Å². The molecule has 4 aliphatic rings. The van der Waals surface area contributed by atoms with Gasteiger partial charge in [-0.1, -0.05) is 36.7 Å². The second kappa shape index (κ2) is 11.5. The zero-order valence-electron chi connectivity index (χ0n) is 23.1. The Labute approximate surface area is 244 Å². The number of hydrogen-bond acceptors (Lipinski definition) is 5. The number of allylic oxidation sites excluding steroid dienone is 1. The smallest absolute Gasteiger partial charge is 0.263 e. The summed E-state index contributed by atoms with van der Waals surface area (Å²) in [6.45, 7) is 4.10. The van der Waals surface area contributed by atoms with E-state index in [2.05, 4.69) is 21.8 Å². The van der Waals surface area contributed by atoms with Crippen molar-refractivity contribution in [2.24, 2.45) is 11.8 Å². The molecule has 2 aromatic carbocycles. The first kappa shape index (κ1) is 27.8. The quantitative estimate of drug-likeness (QED) is 0.420. The standard InChI is InChI=1S/C32H39ClN2O4S/c1-2-25-7-3-4-8-29(36)26-12-9-23(26)18-35-19-32(15-5-6-21-16-24(33)11-13-27(21)32)20-39-30-14-10-22(17-28(30)35)31(37)34-40(25)38/h4,8,10-11,13-14,16-17,23,25-26,29,36H,2-3,5-7,9,12,15,18-20H2,1H3,(H,34,37)/b8-4+/t23?,25?,26?,29?,32-,40?/m0/s1. The van der Waals surface area contributed by atoms with E-state index in [-0.39, 0.29) is 22.5 Å². The van der Waals surface area contributed by atoms with Crippen molar-refractivity contribution in [3.05, 3.63) is 70.3 Å². The van der Waals surface area contributed by atoms with E-state index in [1.165, 1.54) is 11.1 Å². The Morgan fingerprint density at radius 3 is 2.88 bits per heavy atom. The number of nitrogens with one attached hydrogen (secondary N) is 1. The van der Waals surface area contributed by atoms with Crippen LogP contribution in [-0.2, 0) is 22.8 Å². The van der Waals surface area contributed by atoms with Gasteiger partial charge in [0.25, 0.3) is 5.91 Å². The Balaban J connectivity index is 1.40. The Hall–Kier alpha value is -2.35. The molecule has 1 spiro atoms. The molecule has 6 atom stereocenters. The molecule has 2 heterocycles. The van der Waals surface area contributed by atoms with E-state index in [1.54, 1.807) is 6.07 Å². The lowest BCUT2D eigenvalue weighted by Gasteiger charge is -2.45. The third kappa shape index (κ3) is 5.33. The average Bonchev–Trinajstić information content (AvgIpc) is 3.07. The number of carbonyl (C=O) groups excluding carboxylic acids is 1. The van der Waals surface area contributed by atoms with Crippen molar-refractivity contribution in [3.63, 3.8) is 0 Å². The number of aryl methyl sites for hydroxylation is 1. The lowest BCUT2D eigenvalue weighted by Crippen LogP contribution is -2.49. The SMILES string of the molecule is CCC1CC/C=C/C(O)C2CCC2CN2C[C@@]3(CCCc4cc(Cl)ccc43)COc3ccc(cc32)C(=O)NS1=O. The van der Waals surface area contributed by atoms with E-state index in [4.69, 9.17) is 16.3 Å².